The smallest absolute Gasteiger partial charge is 0.160 e. The maximum Gasteiger partial charge on any atom is 0.160 e. The third kappa shape index (κ3) is 3.91. The minimum absolute atomic E-state index is 0.283. The SMILES string of the molecule is CC1(c2ccccc2)c2ccccc2-c2c(-c3cc(-c4ccc5oc6ccccc6c5c4)nc(-c4ccccc4)n3)cccc21. The topological polar surface area (TPSA) is 38.9 Å². The Balaban J connectivity index is 1.30. The van der Waals surface area contributed by atoms with Gasteiger partial charge in [0.1, 0.15) is 11.2 Å². The number of rotatable bonds is 4. The van der Waals surface area contributed by atoms with E-state index in [1.54, 1.807) is 0 Å². The highest BCUT2D eigenvalue weighted by atomic mass is 16.3. The molecule has 45 heavy (non-hydrogen) atoms. The molecule has 6 aromatic carbocycles. The summed E-state index contributed by atoms with van der Waals surface area (Å²) in [4.78, 5) is 10.4. The van der Waals surface area contributed by atoms with E-state index in [-0.39, 0.29) is 5.41 Å². The second-order valence-electron chi connectivity index (χ2n) is 11.9. The van der Waals surface area contributed by atoms with Gasteiger partial charge in [-0.05, 0) is 65.1 Å². The Morgan fingerprint density at radius 3 is 2.02 bits per heavy atom. The van der Waals surface area contributed by atoms with Gasteiger partial charge in [-0.3, -0.25) is 0 Å². The largest absolute Gasteiger partial charge is 0.456 e. The minimum atomic E-state index is -0.283. The van der Waals surface area contributed by atoms with Crippen LogP contribution in [0.5, 0.6) is 0 Å². The van der Waals surface area contributed by atoms with Crippen LogP contribution in [0.1, 0.15) is 23.6 Å². The molecule has 2 heterocycles. The highest BCUT2D eigenvalue weighted by Crippen LogP contribution is 2.55. The first-order valence-corrected chi connectivity index (χ1v) is 15.3. The van der Waals surface area contributed by atoms with Crippen LogP contribution < -0.4 is 0 Å². The predicted molar refractivity (Wildman–Crippen MR) is 183 cm³/mol. The summed E-state index contributed by atoms with van der Waals surface area (Å²) in [5, 5.41) is 2.18. The van der Waals surface area contributed by atoms with Crippen LogP contribution >= 0.6 is 0 Å². The van der Waals surface area contributed by atoms with Crippen molar-refractivity contribution in [2.75, 3.05) is 0 Å². The number of benzene rings is 6. The van der Waals surface area contributed by atoms with E-state index in [4.69, 9.17) is 14.4 Å². The number of furan rings is 1. The Morgan fingerprint density at radius 2 is 1.16 bits per heavy atom. The highest BCUT2D eigenvalue weighted by Gasteiger charge is 2.41. The van der Waals surface area contributed by atoms with Crippen molar-refractivity contribution in [1.82, 2.24) is 9.97 Å². The van der Waals surface area contributed by atoms with E-state index in [2.05, 4.69) is 128 Å². The third-order valence-electron chi connectivity index (χ3n) is 9.40. The lowest BCUT2D eigenvalue weighted by Crippen LogP contribution is -2.22. The summed E-state index contributed by atoms with van der Waals surface area (Å²) in [5.41, 5.74) is 12.7. The molecule has 0 spiro atoms. The van der Waals surface area contributed by atoms with Gasteiger partial charge in [-0.1, -0.05) is 121 Å². The van der Waals surface area contributed by atoms with E-state index in [1.165, 1.54) is 27.8 Å². The van der Waals surface area contributed by atoms with Gasteiger partial charge in [0.2, 0.25) is 0 Å². The van der Waals surface area contributed by atoms with Crippen molar-refractivity contribution >= 4 is 21.9 Å². The molecule has 8 aromatic rings. The summed E-state index contributed by atoms with van der Waals surface area (Å²) in [5.74, 6) is 0.704. The van der Waals surface area contributed by atoms with Crippen molar-refractivity contribution in [3.05, 3.63) is 168 Å². The van der Waals surface area contributed by atoms with Gasteiger partial charge < -0.3 is 4.42 Å². The maximum atomic E-state index is 6.14. The molecular weight excluding hydrogens is 548 g/mol. The Bertz CT molecular complexity index is 2390. The number of hydrogen-bond acceptors (Lipinski definition) is 3. The molecule has 1 unspecified atom stereocenters. The van der Waals surface area contributed by atoms with Gasteiger partial charge >= 0.3 is 0 Å². The van der Waals surface area contributed by atoms with Crippen LogP contribution in [0.15, 0.2) is 156 Å². The zero-order valence-corrected chi connectivity index (χ0v) is 24.7. The molecule has 3 heteroatoms. The number of fused-ring (bicyclic) bond motifs is 6. The van der Waals surface area contributed by atoms with Gasteiger partial charge in [0.05, 0.1) is 11.4 Å². The Morgan fingerprint density at radius 1 is 0.489 bits per heavy atom. The van der Waals surface area contributed by atoms with Gasteiger partial charge in [0.25, 0.3) is 0 Å². The molecule has 2 aromatic heterocycles. The van der Waals surface area contributed by atoms with Crippen LogP contribution in [0.2, 0.25) is 0 Å². The second-order valence-corrected chi connectivity index (χ2v) is 11.9. The molecule has 1 aliphatic carbocycles. The standard InChI is InChI=1S/C42H28N2O/c1-42(29-15-6-3-7-16-29)34-20-10-8-18-31(34)40-32(19-12-21-35(40)42)37-26-36(43-41(44-37)27-13-4-2-5-14-27)28-23-24-39-33(25-28)30-17-9-11-22-38(30)45-39/h2-26H,1H3. The predicted octanol–water partition coefficient (Wildman–Crippen LogP) is 10.7. The highest BCUT2D eigenvalue weighted by molar-refractivity contribution is 6.06. The third-order valence-corrected chi connectivity index (χ3v) is 9.40. The molecule has 0 fully saturated rings. The van der Waals surface area contributed by atoms with Crippen molar-refractivity contribution in [3.8, 4) is 45.0 Å². The molecule has 3 nitrogen and oxygen atoms in total. The fourth-order valence-corrected chi connectivity index (χ4v) is 7.17. The molecule has 0 aliphatic heterocycles. The normalized spacial score (nSPS) is 15.3. The van der Waals surface area contributed by atoms with E-state index in [0.717, 1.165) is 50.0 Å². The Labute approximate surface area is 261 Å². The van der Waals surface area contributed by atoms with Crippen molar-refractivity contribution < 1.29 is 4.42 Å². The maximum absolute atomic E-state index is 6.14. The Kier molecular flexibility index (Phi) is 5.63. The average molecular weight is 577 g/mol. The number of nitrogens with zero attached hydrogens (tertiary/aromatic N) is 2. The second kappa shape index (κ2) is 9.87. The molecule has 0 bridgehead atoms. The summed E-state index contributed by atoms with van der Waals surface area (Å²) in [6.07, 6.45) is 0. The van der Waals surface area contributed by atoms with Gasteiger partial charge in [-0.2, -0.15) is 0 Å². The first-order chi connectivity index (χ1) is 22.2. The summed E-state index contributed by atoms with van der Waals surface area (Å²) in [6.45, 7) is 2.35. The molecular formula is C42H28N2O. The first-order valence-electron chi connectivity index (χ1n) is 15.3. The van der Waals surface area contributed by atoms with Crippen LogP contribution in [0.25, 0.3) is 67.0 Å². The van der Waals surface area contributed by atoms with E-state index >= 15 is 0 Å². The molecule has 9 rings (SSSR count). The molecule has 212 valence electrons. The zero-order chi connectivity index (χ0) is 30.0. The zero-order valence-electron chi connectivity index (χ0n) is 24.7. The lowest BCUT2D eigenvalue weighted by Gasteiger charge is -2.28. The fraction of sp³-hybridized carbons (Fsp3) is 0.0476. The van der Waals surface area contributed by atoms with Crippen LogP contribution in [-0.4, -0.2) is 9.97 Å². The van der Waals surface area contributed by atoms with Crippen molar-refractivity contribution in [2.24, 2.45) is 0 Å². The summed E-state index contributed by atoms with van der Waals surface area (Å²) in [7, 11) is 0. The molecule has 0 saturated heterocycles. The molecule has 0 saturated carbocycles. The molecule has 1 atom stereocenters. The van der Waals surface area contributed by atoms with Crippen molar-refractivity contribution in [3.63, 3.8) is 0 Å². The lowest BCUT2D eigenvalue weighted by molar-refractivity contribution is 0.669. The number of hydrogen-bond donors (Lipinski definition) is 0. The molecule has 0 amide bonds. The van der Waals surface area contributed by atoms with Crippen LogP contribution in [-0.2, 0) is 5.41 Å². The molecule has 0 radical (unpaired) electrons. The molecule has 1 aliphatic rings. The first kappa shape index (κ1) is 25.7. The van der Waals surface area contributed by atoms with Crippen molar-refractivity contribution in [1.29, 1.82) is 0 Å². The van der Waals surface area contributed by atoms with Crippen molar-refractivity contribution in [2.45, 2.75) is 12.3 Å². The van der Waals surface area contributed by atoms with Gasteiger partial charge in [-0.15, -0.1) is 0 Å². The number of aromatic nitrogens is 2. The van der Waals surface area contributed by atoms with Crippen LogP contribution in [0.3, 0.4) is 0 Å². The van der Waals surface area contributed by atoms with E-state index in [1.807, 2.05) is 30.3 Å². The van der Waals surface area contributed by atoms with Crippen LogP contribution in [0, 0.1) is 0 Å². The van der Waals surface area contributed by atoms with Crippen LogP contribution in [0.4, 0.5) is 0 Å². The Hall–Kier alpha value is -5.80. The summed E-state index contributed by atoms with van der Waals surface area (Å²) in [6, 6.07) is 53.3. The average Bonchev–Trinajstić information content (AvgIpc) is 3.62. The minimum Gasteiger partial charge on any atom is -0.456 e. The summed E-state index contributed by atoms with van der Waals surface area (Å²) >= 11 is 0. The van der Waals surface area contributed by atoms with E-state index in [0.29, 0.717) is 5.82 Å². The summed E-state index contributed by atoms with van der Waals surface area (Å²) < 4.78 is 6.14. The monoisotopic (exact) mass is 576 g/mol. The quantitative estimate of drug-likeness (QED) is 0.209. The van der Waals surface area contributed by atoms with Gasteiger partial charge in [-0.25, -0.2) is 9.97 Å². The van der Waals surface area contributed by atoms with Gasteiger partial charge in [0, 0.05) is 32.9 Å². The number of para-hydroxylation sites is 1. The lowest BCUT2D eigenvalue weighted by atomic mass is 9.74. The van der Waals surface area contributed by atoms with E-state index < -0.39 is 0 Å². The van der Waals surface area contributed by atoms with E-state index in [9.17, 15) is 0 Å². The fourth-order valence-electron chi connectivity index (χ4n) is 7.17. The van der Waals surface area contributed by atoms with Gasteiger partial charge in [0.15, 0.2) is 5.82 Å². The molecule has 0 N–H and O–H groups in total.